The third-order valence-electron chi connectivity index (χ3n) is 7.00. The highest BCUT2D eigenvalue weighted by Gasteiger charge is 2.30. The van der Waals surface area contributed by atoms with Crippen molar-refractivity contribution >= 4 is 28.9 Å². The summed E-state index contributed by atoms with van der Waals surface area (Å²) in [6.45, 7) is 7.84. The van der Waals surface area contributed by atoms with Gasteiger partial charge in [-0.25, -0.2) is 14.2 Å². The molecule has 40 heavy (non-hydrogen) atoms. The lowest BCUT2D eigenvalue weighted by Crippen LogP contribution is -2.49. The number of carboxylic acid groups (broad SMARTS) is 1. The third-order valence-corrected chi connectivity index (χ3v) is 7.00. The number of pyridine rings is 1. The van der Waals surface area contributed by atoms with E-state index in [-0.39, 0.29) is 30.0 Å². The number of nitrogens with one attached hydrogen (secondary N) is 3. The van der Waals surface area contributed by atoms with Crippen molar-refractivity contribution in [1.29, 1.82) is 0 Å². The molecule has 2 atom stereocenters. The predicted octanol–water partition coefficient (Wildman–Crippen LogP) is 4.32. The van der Waals surface area contributed by atoms with Crippen LogP contribution in [0.5, 0.6) is 0 Å². The summed E-state index contributed by atoms with van der Waals surface area (Å²) in [5, 5.41) is 27.2. The van der Waals surface area contributed by atoms with Crippen molar-refractivity contribution in [2.45, 2.75) is 64.6 Å². The van der Waals surface area contributed by atoms with Gasteiger partial charge >= 0.3 is 6.09 Å². The zero-order chi connectivity index (χ0) is 28.6. The van der Waals surface area contributed by atoms with Crippen molar-refractivity contribution in [1.82, 2.24) is 35.5 Å². The van der Waals surface area contributed by atoms with Gasteiger partial charge in [0.2, 0.25) is 5.89 Å². The normalized spacial score (nSPS) is 17.7. The Balaban J connectivity index is 1.33. The summed E-state index contributed by atoms with van der Waals surface area (Å²) in [7, 11) is 0. The van der Waals surface area contributed by atoms with E-state index < -0.39 is 23.2 Å². The minimum absolute atomic E-state index is 0.0526. The SMILES string of the molecule is C[C@H]1CC[C@@H](Nc2n[nH]c3nccc(-c4ccc(CNC(=O)c5noc(C(C)(C)C)n5)c(F)c4)c23)CN1C(=O)O. The molecular weight excluding hydrogens is 519 g/mol. The van der Waals surface area contributed by atoms with Gasteiger partial charge in [-0.05, 0) is 43.0 Å². The van der Waals surface area contributed by atoms with Gasteiger partial charge in [-0.1, -0.05) is 38.1 Å². The average Bonchev–Trinajstić information content (AvgIpc) is 3.57. The Morgan fingerprint density at radius 1 is 1.25 bits per heavy atom. The van der Waals surface area contributed by atoms with Crippen LogP contribution < -0.4 is 10.6 Å². The summed E-state index contributed by atoms with van der Waals surface area (Å²) in [6, 6.07) is 6.35. The van der Waals surface area contributed by atoms with Crippen LogP contribution in [-0.2, 0) is 12.0 Å². The second-order valence-corrected chi connectivity index (χ2v) is 11.0. The Hall–Kier alpha value is -4.55. The van der Waals surface area contributed by atoms with E-state index in [1.165, 1.54) is 11.0 Å². The first-order valence-electron chi connectivity index (χ1n) is 13.0. The largest absolute Gasteiger partial charge is 0.465 e. The first-order valence-corrected chi connectivity index (χ1v) is 13.0. The van der Waals surface area contributed by atoms with Crippen LogP contribution >= 0.6 is 0 Å². The first kappa shape index (κ1) is 27.0. The molecule has 0 aliphatic carbocycles. The Kier molecular flexibility index (Phi) is 7.13. The number of rotatable bonds is 6. The predicted molar refractivity (Wildman–Crippen MR) is 144 cm³/mol. The van der Waals surface area contributed by atoms with Gasteiger partial charge < -0.3 is 25.2 Å². The van der Waals surface area contributed by atoms with Crippen LogP contribution in [0.4, 0.5) is 15.0 Å². The fraction of sp³-hybridized carbons (Fsp3) is 0.407. The third kappa shape index (κ3) is 5.44. The molecule has 1 aliphatic heterocycles. The molecule has 0 radical (unpaired) electrons. The first-order chi connectivity index (χ1) is 19.0. The van der Waals surface area contributed by atoms with Gasteiger partial charge in [-0.2, -0.15) is 10.1 Å². The van der Waals surface area contributed by atoms with Crippen LogP contribution in [-0.4, -0.2) is 66.0 Å². The van der Waals surface area contributed by atoms with E-state index in [2.05, 4.69) is 36.0 Å². The number of benzene rings is 1. The number of H-pyrrole nitrogens is 1. The van der Waals surface area contributed by atoms with Crippen LogP contribution in [0.3, 0.4) is 0 Å². The lowest BCUT2D eigenvalue weighted by molar-refractivity contribution is 0.0936. The topological polar surface area (TPSA) is 162 Å². The van der Waals surface area contributed by atoms with Crippen molar-refractivity contribution in [2.75, 3.05) is 11.9 Å². The van der Waals surface area contributed by atoms with Crippen LogP contribution in [0.25, 0.3) is 22.2 Å². The highest BCUT2D eigenvalue weighted by Crippen LogP contribution is 2.33. The summed E-state index contributed by atoms with van der Waals surface area (Å²) in [5.74, 6) is -0.314. The molecule has 0 spiro atoms. The van der Waals surface area contributed by atoms with Gasteiger partial charge in [0.15, 0.2) is 11.5 Å². The molecule has 210 valence electrons. The van der Waals surface area contributed by atoms with Gasteiger partial charge in [0, 0.05) is 42.3 Å². The number of nitrogens with zero attached hydrogens (tertiary/aromatic N) is 5. The summed E-state index contributed by atoms with van der Waals surface area (Å²) >= 11 is 0. The minimum Gasteiger partial charge on any atom is -0.465 e. The number of aromatic nitrogens is 5. The number of halogens is 1. The van der Waals surface area contributed by atoms with Gasteiger partial charge in [0.05, 0.1) is 5.39 Å². The average molecular weight is 551 g/mol. The van der Waals surface area contributed by atoms with E-state index >= 15 is 4.39 Å². The van der Waals surface area contributed by atoms with E-state index in [4.69, 9.17) is 4.52 Å². The van der Waals surface area contributed by atoms with Crippen molar-refractivity contribution in [3.05, 3.63) is 53.6 Å². The summed E-state index contributed by atoms with van der Waals surface area (Å²) in [4.78, 5) is 34.0. The number of hydrogen-bond donors (Lipinski definition) is 4. The maximum Gasteiger partial charge on any atom is 0.407 e. The van der Waals surface area contributed by atoms with Crippen molar-refractivity contribution in [3.63, 3.8) is 0 Å². The second kappa shape index (κ2) is 10.5. The quantitative estimate of drug-likeness (QED) is 0.274. The molecule has 5 rings (SSSR count). The van der Waals surface area contributed by atoms with E-state index in [9.17, 15) is 14.7 Å². The maximum absolute atomic E-state index is 15.2. The zero-order valence-electron chi connectivity index (χ0n) is 22.7. The number of aromatic amines is 1. The molecule has 4 N–H and O–H groups in total. The molecular formula is C27H31FN8O4. The molecule has 0 bridgehead atoms. The molecule has 3 aromatic heterocycles. The number of hydrogen-bond acceptors (Lipinski definition) is 8. The van der Waals surface area contributed by atoms with Gasteiger partial charge in [-0.3, -0.25) is 9.89 Å². The van der Waals surface area contributed by atoms with Crippen molar-refractivity contribution in [3.8, 4) is 11.1 Å². The van der Waals surface area contributed by atoms with E-state index in [0.29, 0.717) is 40.4 Å². The summed E-state index contributed by atoms with van der Waals surface area (Å²) in [6.07, 6.45) is 2.17. The van der Waals surface area contributed by atoms with Crippen LogP contribution in [0.1, 0.15) is 62.6 Å². The molecule has 2 amide bonds. The molecule has 1 aromatic carbocycles. The summed E-state index contributed by atoms with van der Waals surface area (Å²) < 4.78 is 20.3. The molecule has 1 aliphatic rings. The van der Waals surface area contributed by atoms with E-state index in [0.717, 1.165) is 12.8 Å². The van der Waals surface area contributed by atoms with Crippen molar-refractivity contribution < 1.29 is 23.6 Å². The molecule has 0 saturated carbocycles. The van der Waals surface area contributed by atoms with E-state index in [1.54, 1.807) is 24.4 Å². The summed E-state index contributed by atoms with van der Waals surface area (Å²) in [5.41, 5.74) is 1.71. The lowest BCUT2D eigenvalue weighted by Gasteiger charge is -2.36. The standard InChI is InChI=1S/C27H31FN8O4/c1-14-5-8-17(13-36(14)26(38)39)31-22-20-18(9-10-29-21(20)33-34-22)15-6-7-16(19(28)11-15)12-30-24(37)23-32-25(40-35-23)27(2,3)4/h6-7,9-11,14,17H,5,8,12-13H2,1-4H3,(H,30,37)(H,38,39)(H2,29,31,33,34)/t14-,17+/m0/s1. The van der Waals surface area contributed by atoms with Gasteiger partial charge in [0.1, 0.15) is 5.82 Å². The number of likely N-dealkylation sites (tertiary alicyclic amines) is 1. The highest BCUT2D eigenvalue weighted by atomic mass is 19.1. The fourth-order valence-electron chi connectivity index (χ4n) is 4.71. The van der Waals surface area contributed by atoms with E-state index in [1.807, 2.05) is 27.7 Å². The van der Waals surface area contributed by atoms with Crippen LogP contribution in [0, 0.1) is 5.82 Å². The van der Waals surface area contributed by atoms with Gasteiger partial charge in [-0.15, -0.1) is 0 Å². The van der Waals surface area contributed by atoms with Gasteiger partial charge in [0.25, 0.3) is 11.7 Å². The zero-order valence-corrected chi connectivity index (χ0v) is 22.7. The smallest absolute Gasteiger partial charge is 0.407 e. The Labute approximate surface area is 229 Å². The number of fused-ring (bicyclic) bond motifs is 1. The van der Waals surface area contributed by atoms with Crippen LogP contribution in [0.15, 0.2) is 35.0 Å². The number of amides is 2. The number of carbonyl (C=O) groups excluding carboxylic acids is 1. The Morgan fingerprint density at radius 2 is 2.05 bits per heavy atom. The molecule has 4 heterocycles. The monoisotopic (exact) mass is 550 g/mol. The Bertz CT molecular complexity index is 1560. The van der Waals surface area contributed by atoms with Crippen LogP contribution in [0.2, 0.25) is 0 Å². The molecule has 1 fully saturated rings. The number of carbonyl (C=O) groups is 2. The second-order valence-electron chi connectivity index (χ2n) is 11.0. The maximum atomic E-state index is 15.2. The fourth-order valence-corrected chi connectivity index (χ4v) is 4.71. The molecule has 4 aromatic rings. The molecule has 13 heteroatoms. The molecule has 12 nitrogen and oxygen atoms in total. The molecule has 0 unspecified atom stereocenters. The minimum atomic E-state index is -0.952. The highest BCUT2D eigenvalue weighted by molar-refractivity contribution is 6.00. The Morgan fingerprint density at radius 3 is 2.75 bits per heavy atom. The number of piperidine rings is 1. The lowest BCUT2D eigenvalue weighted by atomic mass is 9.97. The van der Waals surface area contributed by atoms with Crippen molar-refractivity contribution in [2.24, 2.45) is 0 Å². The number of anilines is 1. The molecule has 1 saturated heterocycles.